The number of carbonyl (C=O) groups is 1. The van der Waals surface area contributed by atoms with Crippen LogP contribution in [0.25, 0.3) is 10.2 Å². The summed E-state index contributed by atoms with van der Waals surface area (Å²) >= 11 is 1.37. The maximum absolute atomic E-state index is 13.0. The molecule has 1 amide bonds. The normalized spacial score (nSPS) is 15.8. The van der Waals surface area contributed by atoms with Crippen LogP contribution in [0, 0.1) is 12.8 Å². The van der Waals surface area contributed by atoms with Gasteiger partial charge in [0.2, 0.25) is 5.91 Å². The van der Waals surface area contributed by atoms with Crippen LogP contribution >= 0.6 is 11.3 Å². The number of halogens is 3. The Morgan fingerprint density at radius 1 is 1.36 bits per heavy atom. The summed E-state index contributed by atoms with van der Waals surface area (Å²) in [6, 6.07) is 6.95. The Kier molecular flexibility index (Phi) is 4.65. The van der Waals surface area contributed by atoms with Gasteiger partial charge in [-0.05, 0) is 43.5 Å². The lowest BCUT2D eigenvalue weighted by Crippen LogP contribution is -2.25. The number of anilines is 1. The van der Waals surface area contributed by atoms with Crippen molar-refractivity contribution in [3.05, 3.63) is 41.2 Å². The second-order valence-electron chi connectivity index (χ2n) is 7.29. The zero-order valence-corrected chi connectivity index (χ0v) is 16.2. The average molecular weight is 408 g/mol. The number of aryl methyl sites for hydroxylation is 1. The van der Waals surface area contributed by atoms with Gasteiger partial charge < -0.3 is 5.32 Å². The second-order valence-corrected chi connectivity index (χ2v) is 8.32. The van der Waals surface area contributed by atoms with E-state index in [2.05, 4.69) is 15.4 Å². The third-order valence-corrected chi connectivity index (χ3v) is 5.70. The number of carbonyl (C=O) groups excluding carboxylic acids is 1. The summed E-state index contributed by atoms with van der Waals surface area (Å²) in [7, 11) is 0. The lowest BCUT2D eigenvalue weighted by atomic mass is 10.1. The summed E-state index contributed by atoms with van der Waals surface area (Å²) in [5.41, 5.74) is 1.57. The van der Waals surface area contributed by atoms with E-state index in [0.717, 1.165) is 34.7 Å². The second kappa shape index (κ2) is 6.88. The molecule has 4 rings (SSSR count). The minimum atomic E-state index is -4.49. The summed E-state index contributed by atoms with van der Waals surface area (Å²) in [5, 5.41) is 6.98. The standard InChI is InChI=1S/C19H19F3N4OS/c1-10-3-6-13-15(7-10)28-18(23-13)24-17(27)11(2)9-26-14(12-4-5-12)8-16(25-26)19(20,21)22/h3,6-8,11-12H,4-5,9H2,1-2H3,(H,23,24,27). The number of alkyl halides is 3. The van der Waals surface area contributed by atoms with E-state index < -0.39 is 17.8 Å². The number of thiazole rings is 1. The van der Waals surface area contributed by atoms with Gasteiger partial charge in [0.15, 0.2) is 10.8 Å². The molecule has 1 N–H and O–H groups in total. The molecule has 1 aliphatic rings. The van der Waals surface area contributed by atoms with Crippen molar-refractivity contribution in [2.45, 2.75) is 45.3 Å². The molecule has 148 valence electrons. The van der Waals surface area contributed by atoms with Crippen molar-refractivity contribution < 1.29 is 18.0 Å². The lowest BCUT2D eigenvalue weighted by molar-refractivity contribution is -0.141. The number of rotatable bonds is 5. The van der Waals surface area contributed by atoms with Gasteiger partial charge in [-0.1, -0.05) is 24.3 Å². The first-order chi connectivity index (χ1) is 13.2. The average Bonchev–Trinajstić information content (AvgIpc) is 3.23. The molecule has 1 atom stereocenters. The highest BCUT2D eigenvalue weighted by atomic mass is 32.1. The number of hydrogen-bond donors (Lipinski definition) is 1. The predicted octanol–water partition coefficient (Wildman–Crippen LogP) is 4.97. The molecule has 0 bridgehead atoms. The highest BCUT2D eigenvalue weighted by molar-refractivity contribution is 7.22. The molecule has 0 aliphatic heterocycles. The molecule has 28 heavy (non-hydrogen) atoms. The molecule has 1 fully saturated rings. The first kappa shape index (κ1) is 18.9. The summed E-state index contributed by atoms with van der Waals surface area (Å²) in [4.78, 5) is 16.9. The van der Waals surface area contributed by atoms with Crippen molar-refractivity contribution >= 4 is 32.6 Å². The molecule has 1 aromatic carbocycles. The van der Waals surface area contributed by atoms with Crippen LogP contribution in [0.4, 0.5) is 18.3 Å². The maximum Gasteiger partial charge on any atom is 0.435 e. The third kappa shape index (κ3) is 3.89. The minimum absolute atomic E-state index is 0.0950. The monoisotopic (exact) mass is 408 g/mol. The number of benzene rings is 1. The Labute approximate surface area is 163 Å². The van der Waals surface area contributed by atoms with E-state index >= 15 is 0 Å². The first-order valence-corrected chi connectivity index (χ1v) is 9.85. The number of fused-ring (bicyclic) bond motifs is 1. The smallest absolute Gasteiger partial charge is 0.302 e. The number of nitrogens with zero attached hydrogens (tertiary/aromatic N) is 3. The third-order valence-electron chi connectivity index (χ3n) is 4.77. The van der Waals surface area contributed by atoms with E-state index in [4.69, 9.17) is 0 Å². The lowest BCUT2D eigenvalue weighted by Gasteiger charge is -2.13. The van der Waals surface area contributed by atoms with Gasteiger partial charge in [-0.2, -0.15) is 18.3 Å². The first-order valence-electron chi connectivity index (χ1n) is 9.03. The molecule has 5 nitrogen and oxygen atoms in total. The number of aromatic nitrogens is 3. The summed E-state index contributed by atoms with van der Waals surface area (Å²) in [5.74, 6) is -0.736. The topological polar surface area (TPSA) is 59.8 Å². The van der Waals surface area contributed by atoms with Gasteiger partial charge in [0.1, 0.15) is 0 Å². The van der Waals surface area contributed by atoms with E-state index in [1.54, 1.807) is 6.92 Å². The molecule has 0 radical (unpaired) electrons. The highest BCUT2D eigenvalue weighted by Crippen LogP contribution is 2.42. The molecule has 1 aliphatic carbocycles. The van der Waals surface area contributed by atoms with Crippen LogP contribution in [-0.2, 0) is 17.5 Å². The molecule has 9 heteroatoms. The summed E-state index contributed by atoms with van der Waals surface area (Å²) in [6.45, 7) is 3.76. The number of nitrogens with one attached hydrogen (secondary N) is 1. The van der Waals surface area contributed by atoms with Crippen molar-refractivity contribution in [1.29, 1.82) is 0 Å². The number of hydrogen-bond acceptors (Lipinski definition) is 4. The Morgan fingerprint density at radius 3 is 2.79 bits per heavy atom. The zero-order chi connectivity index (χ0) is 20.1. The van der Waals surface area contributed by atoms with Crippen molar-refractivity contribution in [2.75, 3.05) is 5.32 Å². The van der Waals surface area contributed by atoms with Crippen molar-refractivity contribution in [3.63, 3.8) is 0 Å². The van der Waals surface area contributed by atoms with Crippen LogP contribution in [0.5, 0.6) is 0 Å². The maximum atomic E-state index is 13.0. The van der Waals surface area contributed by atoms with Crippen LogP contribution in [-0.4, -0.2) is 20.7 Å². The molecule has 1 unspecified atom stereocenters. The van der Waals surface area contributed by atoms with Gasteiger partial charge in [-0.15, -0.1) is 0 Å². The summed E-state index contributed by atoms with van der Waals surface area (Å²) < 4.78 is 41.4. The predicted molar refractivity (Wildman–Crippen MR) is 101 cm³/mol. The molecule has 1 saturated carbocycles. The van der Waals surface area contributed by atoms with Crippen molar-refractivity contribution in [3.8, 4) is 0 Å². The highest BCUT2D eigenvalue weighted by Gasteiger charge is 2.38. The molecular formula is C19H19F3N4OS. The van der Waals surface area contributed by atoms with Gasteiger partial charge >= 0.3 is 6.18 Å². The van der Waals surface area contributed by atoms with Crippen LogP contribution < -0.4 is 5.32 Å². The Bertz CT molecular complexity index is 1040. The van der Waals surface area contributed by atoms with Crippen LogP contribution in [0.15, 0.2) is 24.3 Å². The zero-order valence-electron chi connectivity index (χ0n) is 15.4. The van der Waals surface area contributed by atoms with Gasteiger partial charge in [0, 0.05) is 11.6 Å². The Morgan fingerprint density at radius 2 is 2.11 bits per heavy atom. The van der Waals surface area contributed by atoms with E-state index in [-0.39, 0.29) is 18.4 Å². The van der Waals surface area contributed by atoms with Crippen molar-refractivity contribution in [1.82, 2.24) is 14.8 Å². The van der Waals surface area contributed by atoms with E-state index in [1.807, 2.05) is 25.1 Å². The van der Waals surface area contributed by atoms with Crippen LogP contribution in [0.3, 0.4) is 0 Å². The van der Waals surface area contributed by atoms with Gasteiger partial charge in [-0.25, -0.2) is 4.98 Å². The Balaban J connectivity index is 1.49. The quantitative estimate of drug-likeness (QED) is 0.648. The van der Waals surface area contributed by atoms with Gasteiger partial charge in [-0.3, -0.25) is 9.48 Å². The fourth-order valence-electron chi connectivity index (χ4n) is 3.08. The van der Waals surface area contributed by atoms with Gasteiger partial charge in [0.05, 0.1) is 22.7 Å². The fraction of sp³-hybridized carbons (Fsp3) is 0.421. The van der Waals surface area contributed by atoms with E-state index in [9.17, 15) is 18.0 Å². The van der Waals surface area contributed by atoms with Gasteiger partial charge in [0.25, 0.3) is 0 Å². The van der Waals surface area contributed by atoms with E-state index in [1.165, 1.54) is 16.0 Å². The SMILES string of the molecule is Cc1ccc2nc(NC(=O)C(C)Cn3nc(C(F)(F)F)cc3C3CC3)sc2c1. The minimum Gasteiger partial charge on any atom is -0.302 e. The largest absolute Gasteiger partial charge is 0.435 e. The Hall–Kier alpha value is -2.42. The molecular weight excluding hydrogens is 389 g/mol. The molecule has 2 heterocycles. The van der Waals surface area contributed by atoms with E-state index in [0.29, 0.717) is 10.8 Å². The molecule has 0 spiro atoms. The molecule has 0 saturated heterocycles. The van der Waals surface area contributed by atoms with Crippen molar-refractivity contribution in [2.24, 2.45) is 5.92 Å². The number of amides is 1. The molecule has 3 aromatic rings. The van der Waals surface area contributed by atoms with Crippen LogP contribution in [0.1, 0.15) is 42.6 Å². The summed E-state index contributed by atoms with van der Waals surface area (Å²) in [6.07, 6.45) is -2.77. The van der Waals surface area contributed by atoms with Crippen LogP contribution in [0.2, 0.25) is 0 Å². The fourth-order valence-corrected chi connectivity index (χ4v) is 4.05. The molecule has 2 aromatic heterocycles.